The highest BCUT2D eigenvalue weighted by molar-refractivity contribution is 6.06. The number of hydrogen-bond donors (Lipinski definition) is 0. The number of carbonyl (C=O) groups excluding carboxylic acids is 1. The zero-order chi connectivity index (χ0) is 21.2. The van der Waals surface area contributed by atoms with Crippen molar-refractivity contribution >= 4 is 33.5 Å². The lowest BCUT2D eigenvalue weighted by molar-refractivity contribution is 0.0981. The second kappa shape index (κ2) is 7.88. The number of benzene rings is 3. The van der Waals surface area contributed by atoms with Crippen LogP contribution in [0.5, 0.6) is 0 Å². The molecule has 0 N–H and O–H groups in total. The van der Waals surface area contributed by atoms with Crippen LogP contribution in [0.1, 0.15) is 15.9 Å². The monoisotopic (exact) mass is 406 g/mol. The molecule has 0 spiro atoms. The molecular weight excluding hydrogens is 388 g/mol. The van der Waals surface area contributed by atoms with Crippen LogP contribution < -0.4 is 10.5 Å². The molecule has 0 bridgehead atoms. The maximum Gasteiger partial charge on any atom is 0.349 e. The van der Waals surface area contributed by atoms with Crippen LogP contribution in [0.3, 0.4) is 0 Å². The third-order valence-corrected chi connectivity index (χ3v) is 5.25. The highest BCUT2D eigenvalue weighted by atomic mass is 16.4. The summed E-state index contributed by atoms with van der Waals surface area (Å²) in [4.78, 5) is 32.1. The average molecular weight is 406 g/mol. The molecule has 5 nitrogen and oxygen atoms in total. The van der Waals surface area contributed by atoms with Gasteiger partial charge in [0.05, 0.1) is 6.54 Å². The van der Waals surface area contributed by atoms with Gasteiger partial charge in [-0.2, -0.15) is 0 Å². The number of anilines is 1. The lowest BCUT2D eigenvalue weighted by Crippen LogP contribution is -2.34. The minimum absolute atomic E-state index is 0.0235. The number of carbonyl (C=O) groups is 1. The second-order valence-electron chi connectivity index (χ2n) is 7.20. The molecule has 5 heteroatoms. The molecule has 5 rings (SSSR count). The molecular formula is C26H18N2O3. The summed E-state index contributed by atoms with van der Waals surface area (Å²) >= 11 is 0. The smallest absolute Gasteiger partial charge is 0.349 e. The molecule has 0 aliphatic carbocycles. The molecule has 0 atom stereocenters. The molecule has 3 aromatic carbocycles. The highest BCUT2D eigenvalue weighted by Crippen LogP contribution is 2.24. The first-order chi connectivity index (χ1) is 15.2. The number of aromatic nitrogens is 1. The van der Waals surface area contributed by atoms with Gasteiger partial charge < -0.3 is 4.42 Å². The molecule has 0 saturated carbocycles. The quantitative estimate of drug-likeness (QED) is 0.386. The first-order valence-electron chi connectivity index (χ1n) is 9.93. The van der Waals surface area contributed by atoms with Crippen molar-refractivity contribution in [3.63, 3.8) is 0 Å². The lowest BCUT2D eigenvalue weighted by atomic mass is 10.0. The van der Waals surface area contributed by atoms with Gasteiger partial charge in [-0.3, -0.25) is 9.69 Å². The topological polar surface area (TPSA) is 63.4 Å². The summed E-state index contributed by atoms with van der Waals surface area (Å²) in [7, 11) is 0. The van der Waals surface area contributed by atoms with E-state index in [1.807, 2.05) is 60.7 Å². The summed E-state index contributed by atoms with van der Waals surface area (Å²) in [6.45, 7) is 0.267. The summed E-state index contributed by atoms with van der Waals surface area (Å²) in [6.07, 6.45) is 1.63. The van der Waals surface area contributed by atoms with E-state index < -0.39 is 11.5 Å². The van der Waals surface area contributed by atoms with Crippen molar-refractivity contribution in [1.82, 2.24) is 4.98 Å². The number of fused-ring (bicyclic) bond motifs is 2. The number of nitrogens with zero attached hydrogens (tertiary/aromatic N) is 2. The van der Waals surface area contributed by atoms with Gasteiger partial charge in [-0.05, 0) is 40.6 Å². The van der Waals surface area contributed by atoms with Gasteiger partial charge in [0.15, 0.2) is 0 Å². The molecule has 2 heterocycles. The predicted molar refractivity (Wildman–Crippen MR) is 121 cm³/mol. The van der Waals surface area contributed by atoms with Crippen LogP contribution in [0, 0.1) is 0 Å². The maximum atomic E-state index is 13.6. The maximum absolute atomic E-state index is 13.6. The van der Waals surface area contributed by atoms with Gasteiger partial charge in [-0.25, -0.2) is 9.78 Å². The standard InChI is InChI=1S/C26H18N2O3/c29-25(22-16-19-9-2-4-13-23(19)31-26(22)30)28(24-14-5-6-15-27-24)17-20-11-7-10-18-8-1-3-12-21(18)20/h1-16H,17H2. The Bertz CT molecular complexity index is 1450. The fourth-order valence-electron chi connectivity index (χ4n) is 3.73. The summed E-state index contributed by atoms with van der Waals surface area (Å²) in [5, 5.41) is 2.82. The lowest BCUT2D eigenvalue weighted by Gasteiger charge is -2.22. The number of pyridine rings is 1. The minimum Gasteiger partial charge on any atom is -0.422 e. The second-order valence-corrected chi connectivity index (χ2v) is 7.20. The van der Waals surface area contributed by atoms with Crippen LogP contribution in [0.15, 0.2) is 106 Å². The largest absolute Gasteiger partial charge is 0.422 e. The van der Waals surface area contributed by atoms with E-state index in [9.17, 15) is 9.59 Å². The predicted octanol–water partition coefficient (Wildman–Crippen LogP) is 5.19. The van der Waals surface area contributed by atoms with E-state index in [2.05, 4.69) is 4.98 Å². The highest BCUT2D eigenvalue weighted by Gasteiger charge is 2.24. The molecule has 150 valence electrons. The Morgan fingerprint density at radius 2 is 1.58 bits per heavy atom. The fourth-order valence-corrected chi connectivity index (χ4v) is 3.73. The molecule has 1 amide bonds. The van der Waals surface area contributed by atoms with E-state index >= 15 is 0 Å². The summed E-state index contributed by atoms with van der Waals surface area (Å²) in [5.41, 5.74) is 0.719. The van der Waals surface area contributed by atoms with E-state index in [-0.39, 0.29) is 12.1 Å². The normalized spacial score (nSPS) is 11.0. The molecule has 0 unspecified atom stereocenters. The molecule has 0 saturated heterocycles. The summed E-state index contributed by atoms with van der Waals surface area (Å²) in [5.74, 6) is 0.0131. The van der Waals surface area contributed by atoms with Crippen molar-refractivity contribution in [1.29, 1.82) is 0 Å². The molecule has 0 fully saturated rings. The number of amides is 1. The molecule has 0 aliphatic heterocycles. The van der Waals surface area contributed by atoms with E-state index in [0.29, 0.717) is 16.8 Å². The van der Waals surface area contributed by atoms with Crippen LogP contribution >= 0.6 is 0 Å². The Balaban J connectivity index is 1.63. The van der Waals surface area contributed by atoms with Crippen LogP contribution in [-0.2, 0) is 6.54 Å². The fraction of sp³-hybridized carbons (Fsp3) is 0.0385. The van der Waals surface area contributed by atoms with Crippen molar-refractivity contribution in [2.45, 2.75) is 6.54 Å². The number of rotatable bonds is 4. The Hall–Kier alpha value is -4.25. The van der Waals surface area contributed by atoms with Gasteiger partial charge in [0, 0.05) is 11.6 Å². The van der Waals surface area contributed by atoms with Crippen molar-refractivity contribution in [3.05, 3.63) is 119 Å². The third kappa shape index (κ3) is 3.57. The van der Waals surface area contributed by atoms with Gasteiger partial charge in [-0.15, -0.1) is 0 Å². The van der Waals surface area contributed by atoms with Crippen molar-refractivity contribution in [2.75, 3.05) is 4.90 Å². The zero-order valence-electron chi connectivity index (χ0n) is 16.6. The molecule has 5 aromatic rings. The number of para-hydroxylation sites is 1. The van der Waals surface area contributed by atoms with Crippen molar-refractivity contribution in [3.8, 4) is 0 Å². The number of hydrogen-bond acceptors (Lipinski definition) is 4. The Morgan fingerprint density at radius 1 is 0.839 bits per heavy atom. The van der Waals surface area contributed by atoms with Crippen LogP contribution in [0.25, 0.3) is 21.7 Å². The van der Waals surface area contributed by atoms with Gasteiger partial charge in [0.25, 0.3) is 5.91 Å². The van der Waals surface area contributed by atoms with Crippen LogP contribution in [0.4, 0.5) is 5.82 Å². The Morgan fingerprint density at radius 3 is 2.42 bits per heavy atom. The van der Waals surface area contributed by atoms with Gasteiger partial charge in [-0.1, -0.05) is 66.7 Å². The van der Waals surface area contributed by atoms with Crippen LogP contribution in [-0.4, -0.2) is 10.9 Å². The van der Waals surface area contributed by atoms with Gasteiger partial charge in [0.2, 0.25) is 0 Å². The van der Waals surface area contributed by atoms with E-state index in [1.54, 1.807) is 36.5 Å². The average Bonchev–Trinajstić information content (AvgIpc) is 2.82. The first kappa shape index (κ1) is 18.8. The Labute approximate surface area is 178 Å². The van der Waals surface area contributed by atoms with Crippen LogP contribution in [0.2, 0.25) is 0 Å². The van der Waals surface area contributed by atoms with E-state index in [0.717, 1.165) is 16.3 Å². The third-order valence-electron chi connectivity index (χ3n) is 5.25. The Kier molecular flexibility index (Phi) is 4.77. The van der Waals surface area contributed by atoms with Crippen molar-refractivity contribution < 1.29 is 9.21 Å². The molecule has 0 aliphatic rings. The first-order valence-corrected chi connectivity index (χ1v) is 9.93. The van der Waals surface area contributed by atoms with E-state index in [4.69, 9.17) is 4.42 Å². The van der Waals surface area contributed by atoms with E-state index in [1.165, 1.54) is 4.90 Å². The van der Waals surface area contributed by atoms with Crippen molar-refractivity contribution in [2.24, 2.45) is 0 Å². The summed E-state index contributed by atoms with van der Waals surface area (Å²) in [6, 6.07) is 28.1. The SMILES string of the molecule is O=C(c1cc2ccccc2oc1=O)N(Cc1cccc2ccccc12)c1ccccn1. The molecule has 31 heavy (non-hydrogen) atoms. The van der Waals surface area contributed by atoms with Gasteiger partial charge in [0.1, 0.15) is 17.0 Å². The summed E-state index contributed by atoms with van der Waals surface area (Å²) < 4.78 is 5.40. The molecule has 2 aromatic heterocycles. The minimum atomic E-state index is -0.664. The van der Waals surface area contributed by atoms with Gasteiger partial charge >= 0.3 is 5.63 Å². The molecule has 0 radical (unpaired) electrons. The zero-order valence-corrected chi connectivity index (χ0v) is 16.6.